The summed E-state index contributed by atoms with van der Waals surface area (Å²) in [5.74, 6) is 0. The predicted octanol–water partition coefficient (Wildman–Crippen LogP) is 1.90. The zero-order valence-corrected chi connectivity index (χ0v) is 13.2. The molecule has 0 aliphatic heterocycles. The van der Waals surface area contributed by atoms with Gasteiger partial charge in [-0.25, -0.2) is 12.7 Å². The zero-order valence-electron chi connectivity index (χ0n) is 12.3. The topological polar surface area (TPSA) is 66.6 Å². The average molecular weight is 297 g/mol. The highest BCUT2D eigenvalue weighted by Gasteiger charge is 2.24. The molecule has 5 nitrogen and oxygen atoms in total. The van der Waals surface area contributed by atoms with E-state index in [4.69, 9.17) is 5.73 Å². The Morgan fingerprint density at radius 2 is 1.75 bits per heavy atom. The quantitative estimate of drug-likeness (QED) is 0.862. The van der Waals surface area contributed by atoms with E-state index in [2.05, 4.69) is 4.90 Å². The van der Waals surface area contributed by atoms with Crippen molar-refractivity contribution in [3.8, 4) is 0 Å². The van der Waals surface area contributed by atoms with Gasteiger partial charge in [-0.05, 0) is 31.0 Å². The van der Waals surface area contributed by atoms with Gasteiger partial charge >= 0.3 is 0 Å². The Bertz CT molecular complexity index is 578. The number of nitrogens with two attached hydrogens (primary N) is 1. The summed E-state index contributed by atoms with van der Waals surface area (Å²) in [6.07, 6.45) is 4.73. The van der Waals surface area contributed by atoms with Gasteiger partial charge in [0.2, 0.25) is 10.0 Å². The van der Waals surface area contributed by atoms with Crippen molar-refractivity contribution in [3.63, 3.8) is 0 Å². The van der Waals surface area contributed by atoms with Crippen molar-refractivity contribution in [2.75, 3.05) is 31.8 Å². The van der Waals surface area contributed by atoms with Crippen molar-refractivity contribution in [2.45, 2.75) is 36.6 Å². The van der Waals surface area contributed by atoms with Crippen molar-refractivity contribution in [1.82, 2.24) is 4.31 Å². The van der Waals surface area contributed by atoms with Gasteiger partial charge in [0.05, 0.1) is 16.3 Å². The maximum absolute atomic E-state index is 12.2. The smallest absolute Gasteiger partial charge is 0.242 e. The first-order valence-corrected chi connectivity index (χ1v) is 8.33. The number of hydrogen-bond donors (Lipinski definition) is 1. The normalized spacial score (nSPS) is 16.8. The summed E-state index contributed by atoms with van der Waals surface area (Å²) in [5, 5.41) is 0. The van der Waals surface area contributed by atoms with Gasteiger partial charge in [-0.3, -0.25) is 0 Å². The van der Waals surface area contributed by atoms with Gasteiger partial charge in [-0.15, -0.1) is 0 Å². The van der Waals surface area contributed by atoms with Crippen LogP contribution in [0.2, 0.25) is 0 Å². The van der Waals surface area contributed by atoms with Gasteiger partial charge in [0.1, 0.15) is 0 Å². The number of nitrogens with zero attached hydrogens (tertiary/aromatic N) is 2. The lowest BCUT2D eigenvalue weighted by molar-refractivity contribution is 0.520. The van der Waals surface area contributed by atoms with Crippen LogP contribution in [0.15, 0.2) is 23.1 Å². The summed E-state index contributed by atoms with van der Waals surface area (Å²) in [6, 6.07) is 5.38. The van der Waals surface area contributed by atoms with Crippen molar-refractivity contribution in [2.24, 2.45) is 0 Å². The van der Waals surface area contributed by atoms with Crippen LogP contribution < -0.4 is 10.6 Å². The third kappa shape index (κ3) is 2.76. The molecule has 1 aromatic rings. The molecular formula is C14H23N3O2S. The van der Waals surface area contributed by atoms with E-state index in [1.54, 1.807) is 18.2 Å². The van der Waals surface area contributed by atoms with E-state index in [1.165, 1.54) is 31.2 Å². The Kier molecular flexibility index (Phi) is 4.25. The van der Waals surface area contributed by atoms with Crippen LogP contribution in [-0.4, -0.2) is 39.9 Å². The van der Waals surface area contributed by atoms with Crippen LogP contribution >= 0.6 is 0 Å². The average Bonchev–Trinajstić information content (AvgIpc) is 2.92. The van der Waals surface area contributed by atoms with Crippen LogP contribution in [0.4, 0.5) is 11.4 Å². The van der Waals surface area contributed by atoms with Gasteiger partial charge in [-0.1, -0.05) is 12.8 Å². The number of rotatable bonds is 4. The number of hydrogen-bond acceptors (Lipinski definition) is 4. The Balaban J connectivity index is 2.39. The second-order valence-electron chi connectivity index (χ2n) is 5.56. The Labute approximate surface area is 121 Å². The first kappa shape index (κ1) is 15.1. The molecule has 112 valence electrons. The number of anilines is 2. The molecule has 0 bridgehead atoms. The fourth-order valence-corrected chi connectivity index (χ4v) is 3.61. The van der Waals surface area contributed by atoms with Crippen LogP contribution in [0.5, 0.6) is 0 Å². The van der Waals surface area contributed by atoms with E-state index < -0.39 is 10.0 Å². The lowest BCUT2D eigenvalue weighted by Gasteiger charge is -2.28. The minimum Gasteiger partial charge on any atom is -0.397 e. The van der Waals surface area contributed by atoms with Crippen molar-refractivity contribution in [3.05, 3.63) is 18.2 Å². The molecule has 0 radical (unpaired) electrons. The lowest BCUT2D eigenvalue weighted by atomic mass is 10.1. The minimum atomic E-state index is -3.42. The molecule has 1 aliphatic rings. The summed E-state index contributed by atoms with van der Waals surface area (Å²) in [7, 11) is 1.64. The summed E-state index contributed by atoms with van der Waals surface area (Å²) in [6.45, 7) is 0. The molecule has 2 N–H and O–H groups in total. The highest BCUT2D eigenvalue weighted by molar-refractivity contribution is 7.89. The van der Waals surface area contributed by atoms with Gasteiger partial charge in [0.25, 0.3) is 0 Å². The van der Waals surface area contributed by atoms with E-state index >= 15 is 0 Å². The molecule has 1 saturated carbocycles. The molecule has 0 spiro atoms. The molecular weight excluding hydrogens is 274 g/mol. The molecule has 0 atom stereocenters. The monoisotopic (exact) mass is 297 g/mol. The number of benzene rings is 1. The van der Waals surface area contributed by atoms with Gasteiger partial charge < -0.3 is 10.6 Å². The molecule has 6 heteroatoms. The molecule has 0 amide bonds. The molecule has 0 saturated heterocycles. The highest BCUT2D eigenvalue weighted by Crippen LogP contribution is 2.32. The van der Waals surface area contributed by atoms with Crippen molar-refractivity contribution < 1.29 is 8.42 Å². The van der Waals surface area contributed by atoms with Gasteiger partial charge in [0.15, 0.2) is 0 Å². The Morgan fingerprint density at radius 1 is 1.15 bits per heavy atom. The van der Waals surface area contributed by atoms with Crippen LogP contribution in [0, 0.1) is 0 Å². The summed E-state index contributed by atoms with van der Waals surface area (Å²) < 4.78 is 25.6. The SMILES string of the molecule is CN(c1cc(S(=O)(=O)N(C)C)ccc1N)C1CCCC1. The second-order valence-corrected chi connectivity index (χ2v) is 7.71. The maximum atomic E-state index is 12.2. The predicted molar refractivity (Wildman–Crippen MR) is 82.4 cm³/mol. The van der Waals surface area contributed by atoms with E-state index in [9.17, 15) is 8.42 Å². The third-order valence-corrected chi connectivity index (χ3v) is 5.84. The molecule has 0 unspecified atom stereocenters. The first-order chi connectivity index (χ1) is 9.34. The highest BCUT2D eigenvalue weighted by atomic mass is 32.2. The zero-order chi connectivity index (χ0) is 14.9. The first-order valence-electron chi connectivity index (χ1n) is 6.89. The molecule has 1 fully saturated rings. The van der Waals surface area contributed by atoms with Gasteiger partial charge in [-0.2, -0.15) is 0 Å². The Morgan fingerprint density at radius 3 is 2.30 bits per heavy atom. The lowest BCUT2D eigenvalue weighted by Crippen LogP contribution is -2.30. The molecule has 0 heterocycles. The summed E-state index contributed by atoms with van der Waals surface area (Å²) in [4.78, 5) is 2.41. The van der Waals surface area contributed by atoms with E-state index in [-0.39, 0.29) is 4.90 Å². The van der Waals surface area contributed by atoms with Crippen LogP contribution in [0.25, 0.3) is 0 Å². The third-order valence-electron chi connectivity index (χ3n) is 4.03. The number of sulfonamides is 1. The van der Waals surface area contributed by atoms with Gasteiger partial charge in [0, 0.05) is 27.2 Å². The molecule has 20 heavy (non-hydrogen) atoms. The second kappa shape index (κ2) is 5.61. The van der Waals surface area contributed by atoms with Crippen molar-refractivity contribution in [1.29, 1.82) is 0 Å². The van der Waals surface area contributed by atoms with Crippen molar-refractivity contribution >= 4 is 21.4 Å². The Hall–Kier alpha value is -1.27. The molecule has 1 aliphatic carbocycles. The van der Waals surface area contributed by atoms with E-state index in [0.717, 1.165) is 18.5 Å². The molecule has 2 rings (SSSR count). The van der Waals surface area contributed by atoms with Crippen LogP contribution in [0.1, 0.15) is 25.7 Å². The largest absolute Gasteiger partial charge is 0.397 e. The standard InChI is InChI=1S/C14H23N3O2S/c1-16(2)20(18,19)12-8-9-13(15)14(10-12)17(3)11-6-4-5-7-11/h8-11H,4-7,15H2,1-3H3. The van der Waals surface area contributed by atoms with E-state index in [1.807, 2.05) is 7.05 Å². The minimum absolute atomic E-state index is 0.288. The van der Waals surface area contributed by atoms with Crippen LogP contribution in [-0.2, 0) is 10.0 Å². The summed E-state index contributed by atoms with van der Waals surface area (Å²) >= 11 is 0. The van der Waals surface area contributed by atoms with E-state index in [0.29, 0.717) is 11.7 Å². The summed E-state index contributed by atoms with van der Waals surface area (Å²) in [5.41, 5.74) is 7.45. The fraction of sp³-hybridized carbons (Fsp3) is 0.571. The fourth-order valence-electron chi connectivity index (χ4n) is 2.69. The molecule has 0 aromatic heterocycles. The number of nitrogen functional groups attached to an aromatic ring is 1. The molecule has 1 aromatic carbocycles. The van der Waals surface area contributed by atoms with Crippen LogP contribution in [0.3, 0.4) is 0 Å². The maximum Gasteiger partial charge on any atom is 0.242 e.